The molecule has 3 rings (SSSR count). The summed E-state index contributed by atoms with van der Waals surface area (Å²) in [6, 6.07) is 15.2. The predicted molar refractivity (Wildman–Crippen MR) is 94.2 cm³/mol. The van der Waals surface area contributed by atoms with Crippen LogP contribution in [-0.4, -0.2) is 15.9 Å². The van der Waals surface area contributed by atoms with Crippen LogP contribution in [0.2, 0.25) is 0 Å². The second-order valence-electron chi connectivity index (χ2n) is 5.59. The van der Waals surface area contributed by atoms with Gasteiger partial charge in [-0.3, -0.25) is 9.59 Å². The monoisotopic (exact) mass is 319 g/mol. The number of amides is 1. The second kappa shape index (κ2) is 6.50. The van der Waals surface area contributed by atoms with Crippen molar-refractivity contribution in [2.75, 3.05) is 5.32 Å². The zero-order chi connectivity index (χ0) is 17.1. The third kappa shape index (κ3) is 3.25. The number of nitrogens with one attached hydrogen (secondary N) is 2. The van der Waals surface area contributed by atoms with Crippen molar-refractivity contribution in [1.82, 2.24) is 9.97 Å². The minimum Gasteiger partial charge on any atom is -0.326 e. The smallest absolute Gasteiger partial charge is 0.262 e. The van der Waals surface area contributed by atoms with Crippen molar-refractivity contribution in [3.63, 3.8) is 0 Å². The van der Waals surface area contributed by atoms with Crippen molar-refractivity contribution in [2.24, 2.45) is 0 Å². The first-order valence-electron chi connectivity index (χ1n) is 7.58. The predicted octanol–water partition coefficient (Wildman–Crippen LogP) is 3.31. The van der Waals surface area contributed by atoms with E-state index in [1.807, 2.05) is 36.4 Å². The van der Waals surface area contributed by atoms with Crippen molar-refractivity contribution in [1.29, 1.82) is 0 Å². The van der Waals surface area contributed by atoms with Gasteiger partial charge in [0.1, 0.15) is 11.4 Å². The Balaban J connectivity index is 1.82. The molecule has 0 aliphatic heterocycles. The molecule has 0 aliphatic rings. The Kier molecular flexibility index (Phi) is 4.24. The first-order valence-corrected chi connectivity index (χ1v) is 7.58. The highest BCUT2D eigenvalue weighted by atomic mass is 16.2. The van der Waals surface area contributed by atoms with Gasteiger partial charge in [0.05, 0.1) is 0 Å². The lowest BCUT2D eigenvalue weighted by Gasteiger charge is -2.08. The molecule has 2 heterocycles. The number of pyridine rings is 2. The molecule has 0 aliphatic carbocycles. The average molecular weight is 319 g/mol. The largest absolute Gasteiger partial charge is 0.326 e. The van der Waals surface area contributed by atoms with Crippen LogP contribution < -0.4 is 10.9 Å². The van der Waals surface area contributed by atoms with Crippen molar-refractivity contribution in [3.8, 4) is 11.1 Å². The normalized spacial score (nSPS) is 10.4. The molecule has 0 saturated carbocycles. The third-order valence-corrected chi connectivity index (χ3v) is 3.70. The van der Waals surface area contributed by atoms with Crippen LogP contribution >= 0.6 is 0 Å². The lowest BCUT2D eigenvalue weighted by Crippen LogP contribution is -2.25. The van der Waals surface area contributed by atoms with Gasteiger partial charge in [0.25, 0.3) is 11.5 Å². The highest BCUT2D eigenvalue weighted by Crippen LogP contribution is 2.19. The van der Waals surface area contributed by atoms with Crippen LogP contribution in [0.3, 0.4) is 0 Å². The summed E-state index contributed by atoms with van der Waals surface area (Å²) in [5.41, 5.74) is 3.07. The molecule has 2 aromatic heterocycles. The van der Waals surface area contributed by atoms with E-state index in [2.05, 4.69) is 15.3 Å². The Morgan fingerprint density at radius 1 is 1.04 bits per heavy atom. The molecule has 5 nitrogen and oxygen atoms in total. The SMILES string of the molecule is Cc1cc(C)c(C(=O)Nc2ccc(-c3ccccc3)cn2)c(=O)[nH]1. The van der Waals surface area contributed by atoms with Gasteiger partial charge in [0.2, 0.25) is 0 Å². The Labute approximate surface area is 139 Å². The van der Waals surface area contributed by atoms with Crippen LogP contribution in [0.25, 0.3) is 11.1 Å². The van der Waals surface area contributed by atoms with Gasteiger partial charge in [-0.1, -0.05) is 30.3 Å². The molecule has 120 valence electrons. The molecule has 0 saturated heterocycles. The zero-order valence-electron chi connectivity index (χ0n) is 13.5. The summed E-state index contributed by atoms with van der Waals surface area (Å²) in [6.45, 7) is 3.52. The molecule has 0 atom stereocenters. The number of benzene rings is 1. The van der Waals surface area contributed by atoms with Gasteiger partial charge in [0.15, 0.2) is 0 Å². The number of aromatic nitrogens is 2. The molecule has 0 unspecified atom stereocenters. The van der Waals surface area contributed by atoms with Crippen LogP contribution in [0.5, 0.6) is 0 Å². The maximum Gasteiger partial charge on any atom is 0.262 e. The molecule has 2 N–H and O–H groups in total. The molecule has 0 radical (unpaired) electrons. The van der Waals surface area contributed by atoms with E-state index in [1.54, 1.807) is 32.2 Å². The molecule has 24 heavy (non-hydrogen) atoms. The van der Waals surface area contributed by atoms with Gasteiger partial charge in [-0.25, -0.2) is 4.98 Å². The van der Waals surface area contributed by atoms with Gasteiger partial charge >= 0.3 is 0 Å². The van der Waals surface area contributed by atoms with Gasteiger partial charge in [0, 0.05) is 17.5 Å². The molecule has 1 amide bonds. The summed E-state index contributed by atoms with van der Waals surface area (Å²) in [4.78, 5) is 31.2. The Hall–Kier alpha value is -3.21. The van der Waals surface area contributed by atoms with Crippen molar-refractivity contribution in [3.05, 3.63) is 81.9 Å². The first kappa shape index (κ1) is 15.7. The number of anilines is 1. The van der Waals surface area contributed by atoms with E-state index in [0.717, 1.165) is 16.8 Å². The maximum atomic E-state index is 12.4. The fraction of sp³-hybridized carbons (Fsp3) is 0.105. The molecular formula is C19H17N3O2. The van der Waals surface area contributed by atoms with E-state index in [1.165, 1.54) is 0 Å². The van der Waals surface area contributed by atoms with Crippen LogP contribution in [0.1, 0.15) is 21.6 Å². The lowest BCUT2D eigenvalue weighted by molar-refractivity contribution is 0.102. The summed E-state index contributed by atoms with van der Waals surface area (Å²) in [6.07, 6.45) is 1.69. The van der Waals surface area contributed by atoms with Crippen LogP contribution in [-0.2, 0) is 0 Å². The topological polar surface area (TPSA) is 74.8 Å². The first-order chi connectivity index (χ1) is 11.5. The van der Waals surface area contributed by atoms with E-state index >= 15 is 0 Å². The molecule has 5 heteroatoms. The van der Waals surface area contributed by atoms with E-state index in [0.29, 0.717) is 11.4 Å². The summed E-state index contributed by atoms with van der Waals surface area (Å²) >= 11 is 0. The number of hydrogen-bond donors (Lipinski definition) is 2. The molecule has 0 fully saturated rings. The lowest BCUT2D eigenvalue weighted by atomic mass is 10.1. The Morgan fingerprint density at radius 2 is 1.79 bits per heavy atom. The van der Waals surface area contributed by atoms with Crippen LogP contribution in [0, 0.1) is 13.8 Å². The number of rotatable bonds is 3. The third-order valence-electron chi connectivity index (χ3n) is 3.70. The van der Waals surface area contributed by atoms with Crippen molar-refractivity contribution >= 4 is 11.7 Å². The highest BCUT2D eigenvalue weighted by Gasteiger charge is 2.15. The molecule has 1 aromatic carbocycles. The van der Waals surface area contributed by atoms with Gasteiger partial charge in [-0.2, -0.15) is 0 Å². The molecule has 0 bridgehead atoms. The van der Waals surface area contributed by atoms with E-state index in [-0.39, 0.29) is 5.56 Å². The van der Waals surface area contributed by atoms with E-state index < -0.39 is 11.5 Å². The second-order valence-corrected chi connectivity index (χ2v) is 5.59. The fourth-order valence-electron chi connectivity index (χ4n) is 2.58. The highest BCUT2D eigenvalue weighted by molar-refractivity contribution is 6.04. The standard InChI is InChI=1S/C19H17N3O2/c1-12-10-13(2)21-18(23)17(12)19(24)22-16-9-8-15(11-20-16)14-6-4-3-5-7-14/h3-11H,1-2H3,(H,21,23)(H,20,22,24). The number of aromatic amines is 1. The maximum absolute atomic E-state index is 12.4. The van der Waals surface area contributed by atoms with Crippen LogP contribution in [0.4, 0.5) is 5.82 Å². The summed E-state index contributed by atoms with van der Waals surface area (Å²) in [5, 5.41) is 2.67. The number of carbonyl (C=O) groups is 1. The number of H-pyrrole nitrogens is 1. The fourth-order valence-corrected chi connectivity index (χ4v) is 2.58. The number of hydrogen-bond acceptors (Lipinski definition) is 3. The number of nitrogens with zero attached hydrogens (tertiary/aromatic N) is 1. The molecular weight excluding hydrogens is 302 g/mol. The summed E-state index contributed by atoms with van der Waals surface area (Å²) < 4.78 is 0. The summed E-state index contributed by atoms with van der Waals surface area (Å²) in [7, 11) is 0. The van der Waals surface area contributed by atoms with Crippen LogP contribution in [0.15, 0.2) is 59.5 Å². The minimum atomic E-state index is -0.464. The van der Waals surface area contributed by atoms with Gasteiger partial charge < -0.3 is 10.3 Å². The quantitative estimate of drug-likeness (QED) is 0.778. The average Bonchev–Trinajstić information content (AvgIpc) is 2.55. The minimum absolute atomic E-state index is 0.106. The summed E-state index contributed by atoms with van der Waals surface area (Å²) in [5.74, 6) is -0.0623. The molecule has 3 aromatic rings. The Bertz CT molecular complexity index is 929. The molecule has 0 spiro atoms. The van der Waals surface area contributed by atoms with Crippen molar-refractivity contribution in [2.45, 2.75) is 13.8 Å². The van der Waals surface area contributed by atoms with Gasteiger partial charge in [-0.15, -0.1) is 0 Å². The zero-order valence-corrected chi connectivity index (χ0v) is 13.5. The number of aryl methyl sites for hydroxylation is 2. The van der Waals surface area contributed by atoms with Gasteiger partial charge in [-0.05, 0) is 43.2 Å². The Morgan fingerprint density at radius 3 is 2.42 bits per heavy atom. The van der Waals surface area contributed by atoms with E-state index in [9.17, 15) is 9.59 Å². The number of carbonyl (C=O) groups excluding carboxylic acids is 1. The van der Waals surface area contributed by atoms with E-state index in [4.69, 9.17) is 0 Å². The van der Waals surface area contributed by atoms with Crippen molar-refractivity contribution < 1.29 is 4.79 Å².